The summed E-state index contributed by atoms with van der Waals surface area (Å²) in [4.78, 5) is 26.3. The lowest BCUT2D eigenvalue weighted by molar-refractivity contribution is -0.148. The average Bonchev–Trinajstić information content (AvgIpc) is 2.62. The second-order valence-electron chi connectivity index (χ2n) is 3.80. The van der Waals surface area contributed by atoms with Crippen molar-refractivity contribution >= 4 is 23.4 Å². The Morgan fingerprint density at radius 2 is 2.36 bits per heavy atom. The molecule has 2 fully saturated rings. The maximum absolute atomic E-state index is 11.5. The van der Waals surface area contributed by atoms with Crippen molar-refractivity contribution in [2.45, 2.75) is 18.9 Å². The molecule has 0 N–H and O–H groups in total. The number of alkyl halides is 1. The first-order valence-corrected chi connectivity index (χ1v) is 5.39. The van der Waals surface area contributed by atoms with Gasteiger partial charge in [-0.3, -0.25) is 19.4 Å². The number of imide groups is 1. The van der Waals surface area contributed by atoms with Gasteiger partial charge in [-0.1, -0.05) is 0 Å². The third-order valence-corrected chi connectivity index (χ3v) is 3.18. The number of carbonyl (C=O) groups excluding carboxylic acids is 2. The second-order valence-corrected chi connectivity index (χ2v) is 4.07. The minimum absolute atomic E-state index is 0.0988. The summed E-state index contributed by atoms with van der Waals surface area (Å²) in [6.45, 7) is 1.90. The fourth-order valence-electron chi connectivity index (χ4n) is 2.19. The normalized spacial score (nSPS) is 27.9. The van der Waals surface area contributed by atoms with Gasteiger partial charge in [-0.05, 0) is 19.4 Å². The molecule has 1 unspecified atom stereocenters. The lowest BCUT2D eigenvalue weighted by Gasteiger charge is -2.35. The van der Waals surface area contributed by atoms with Crippen LogP contribution in [-0.2, 0) is 9.59 Å². The minimum Gasteiger partial charge on any atom is -0.290 e. The maximum Gasteiger partial charge on any atom is 0.244 e. The molecule has 0 aromatic rings. The topological polar surface area (TPSA) is 40.6 Å². The summed E-state index contributed by atoms with van der Waals surface area (Å²) in [6, 6.07) is 0.375. The lowest BCUT2D eigenvalue weighted by atomic mass is 10.1. The molecule has 0 aliphatic carbocycles. The van der Waals surface area contributed by atoms with E-state index in [1.54, 1.807) is 0 Å². The zero-order chi connectivity index (χ0) is 10.1. The predicted octanol–water partition coefficient (Wildman–Crippen LogP) is 0.0584. The first-order valence-electron chi connectivity index (χ1n) is 4.85. The van der Waals surface area contributed by atoms with Crippen LogP contribution >= 0.6 is 11.6 Å². The molecule has 0 aromatic heterocycles. The Kier molecular flexibility index (Phi) is 2.74. The highest BCUT2D eigenvalue weighted by Crippen LogP contribution is 2.22. The fraction of sp³-hybridized carbons (Fsp3) is 0.778. The molecule has 1 atom stereocenters. The number of rotatable bonds is 1. The van der Waals surface area contributed by atoms with Crippen LogP contribution in [-0.4, -0.2) is 53.2 Å². The number of nitrogens with zero attached hydrogens (tertiary/aromatic N) is 2. The van der Waals surface area contributed by atoms with Gasteiger partial charge in [-0.25, -0.2) is 0 Å². The zero-order valence-corrected chi connectivity index (χ0v) is 8.66. The molecule has 2 heterocycles. The molecular weight excluding hydrogens is 204 g/mol. The standard InChI is InChI=1S/C9H13ClN2O2/c10-4-8(13)12-5-7-2-1-3-11(7)6-9(12)14/h7H,1-6H2. The number of piperazine rings is 1. The highest BCUT2D eigenvalue weighted by atomic mass is 35.5. The lowest BCUT2D eigenvalue weighted by Crippen LogP contribution is -2.55. The van der Waals surface area contributed by atoms with Crippen molar-refractivity contribution < 1.29 is 9.59 Å². The molecule has 2 aliphatic heterocycles. The molecule has 2 aliphatic rings. The Hall–Kier alpha value is -0.610. The third kappa shape index (κ3) is 1.64. The number of hydrogen-bond donors (Lipinski definition) is 0. The first-order chi connectivity index (χ1) is 6.72. The molecule has 2 saturated heterocycles. The molecule has 0 saturated carbocycles. The van der Waals surface area contributed by atoms with Crippen LogP contribution in [0, 0.1) is 0 Å². The van der Waals surface area contributed by atoms with E-state index < -0.39 is 0 Å². The largest absolute Gasteiger partial charge is 0.290 e. The summed E-state index contributed by atoms with van der Waals surface area (Å²) >= 11 is 5.44. The predicted molar refractivity (Wildman–Crippen MR) is 52.0 cm³/mol. The highest BCUT2D eigenvalue weighted by Gasteiger charge is 2.36. The highest BCUT2D eigenvalue weighted by molar-refractivity contribution is 6.28. The van der Waals surface area contributed by atoms with Gasteiger partial charge in [0.25, 0.3) is 0 Å². The Morgan fingerprint density at radius 1 is 1.57 bits per heavy atom. The van der Waals surface area contributed by atoms with Gasteiger partial charge in [-0.2, -0.15) is 0 Å². The van der Waals surface area contributed by atoms with Crippen LogP contribution in [0.5, 0.6) is 0 Å². The molecule has 0 bridgehead atoms. The van der Waals surface area contributed by atoms with Crippen molar-refractivity contribution in [1.29, 1.82) is 0 Å². The van der Waals surface area contributed by atoms with Gasteiger partial charge in [0.15, 0.2) is 0 Å². The van der Waals surface area contributed by atoms with E-state index >= 15 is 0 Å². The number of halogens is 1. The molecule has 0 spiro atoms. The van der Waals surface area contributed by atoms with Crippen molar-refractivity contribution in [2.75, 3.05) is 25.5 Å². The molecule has 0 radical (unpaired) electrons. The molecule has 5 heteroatoms. The van der Waals surface area contributed by atoms with Crippen LogP contribution in [0.3, 0.4) is 0 Å². The smallest absolute Gasteiger partial charge is 0.244 e. The van der Waals surface area contributed by atoms with E-state index in [2.05, 4.69) is 4.90 Å². The summed E-state index contributed by atoms with van der Waals surface area (Å²) in [7, 11) is 0. The summed E-state index contributed by atoms with van der Waals surface area (Å²) in [5, 5.41) is 0. The van der Waals surface area contributed by atoms with Crippen LogP contribution in [0.4, 0.5) is 0 Å². The van der Waals surface area contributed by atoms with Crippen molar-refractivity contribution in [3.63, 3.8) is 0 Å². The molecule has 2 rings (SSSR count). The Balaban J connectivity index is 2.06. The van der Waals surface area contributed by atoms with Gasteiger partial charge in [0.05, 0.1) is 6.54 Å². The second kappa shape index (κ2) is 3.87. The van der Waals surface area contributed by atoms with E-state index in [9.17, 15) is 9.59 Å². The maximum atomic E-state index is 11.5. The minimum atomic E-state index is -0.261. The molecule has 78 valence electrons. The molecule has 14 heavy (non-hydrogen) atoms. The van der Waals surface area contributed by atoms with E-state index in [-0.39, 0.29) is 17.7 Å². The molecular formula is C9H13ClN2O2. The van der Waals surface area contributed by atoms with Crippen LogP contribution < -0.4 is 0 Å². The number of hydrogen-bond acceptors (Lipinski definition) is 3. The van der Waals surface area contributed by atoms with E-state index in [1.807, 2.05) is 0 Å². The zero-order valence-electron chi connectivity index (χ0n) is 7.91. The van der Waals surface area contributed by atoms with Gasteiger partial charge < -0.3 is 0 Å². The number of amides is 2. The number of carbonyl (C=O) groups is 2. The molecule has 2 amide bonds. The fourth-order valence-corrected chi connectivity index (χ4v) is 2.34. The first kappa shape index (κ1) is 9.93. The van der Waals surface area contributed by atoms with Gasteiger partial charge >= 0.3 is 0 Å². The monoisotopic (exact) mass is 216 g/mol. The van der Waals surface area contributed by atoms with Gasteiger partial charge in [0, 0.05) is 12.6 Å². The van der Waals surface area contributed by atoms with Crippen LogP contribution in [0.2, 0.25) is 0 Å². The van der Waals surface area contributed by atoms with Crippen molar-refractivity contribution in [3.05, 3.63) is 0 Å². The van der Waals surface area contributed by atoms with E-state index in [4.69, 9.17) is 11.6 Å². The molecule has 0 aromatic carbocycles. The van der Waals surface area contributed by atoms with Crippen LogP contribution in [0.25, 0.3) is 0 Å². The summed E-state index contributed by atoms with van der Waals surface area (Å²) in [5.74, 6) is -0.463. The van der Waals surface area contributed by atoms with E-state index in [0.717, 1.165) is 19.4 Å². The van der Waals surface area contributed by atoms with Gasteiger partial charge in [0.2, 0.25) is 11.8 Å². The Bertz CT molecular complexity index is 270. The van der Waals surface area contributed by atoms with Crippen molar-refractivity contribution in [2.24, 2.45) is 0 Å². The van der Waals surface area contributed by atoms with Gasteiger partial charge in [-0.15, -0.1) is 11.6 Å². The SMILES string of the molecule is O=C(CCl)N1CC2CCCN2CC1=O. The summed E-state index contributed by atoms with van der Waals surface area (Å²) < 4.78 is 0. The number of fused-ring (bicyclic) bond motifs is 1. The quantitative estimate of drug-likeness (QED) is 0.582. The molecule has 4 nitrogen and oxygen atoms in total. The van der Waals surface area contributed by atoms with Gasteiger partial charge in [0.1, 0.15) is 5.88 Å². The summed E-state index contributed by atoms with van der Waals surface area (Å²) in [5.41, 5.74) is 0. The summed E-state index contributed by atoms with van der Waals surface area (Å²) in [6.07, 6.45) is 2.21. The van der Waals surface area contributed by atoms with E-state index in [1.165, 1.54) is 4.90 Å². The Morgan fingerprint density at radius 3 is 3.07 bits per heavy atom. The Labute approximate surface area is 87.8 Å². The van der Waals surface area contributed by atoms with E-state index in [0.29, 0.717) is 19.1 Å². The van der Waals surface area contributed by atoms with Crippen molar-refractivity contribution in [3.8, 4) is 0 Å². The third-order valence-electron chi connectivity index (χ3n) is 2.95. The van der Waals surface area contributed by atoms with Crippen LogP contribution in [0.1, 0.15) is 12.8 Å². The van der Waals surface area contributed by atoms with Crippen LogP contribution in [0.15, 0.2) is 0 Å². The van der Waals surface area contributed by atoms with Crippen molar-refractivity contribution in [1.82, 2.24) is 9.80 Å². The average molecular weight is 217 g/mol.